The van der Waals surface area contributed by atoms with Crippen LogP contribution in [0, 0.1) is 0 Å². The fourth-order valence-corrected chi connectivity index (χ4v) is 13.5. The van der Waals surface area contributed by atoms with Crippen molar-refractivity contribution < 1.29 is 0 Å². The number of hydrogen-bond donors (Lipinski definition) is 0. The Morgan fingerprint density at radius 1 is 0.531 bits per heavy atom. The first-order chi connectivity index (χ1) is 31.8. The van der Waals surface area contributed by atoms with Crippen LogP contribution in [-0.4, -0.2) is 15.9 Å². The van der Waals surface area contributed by atoms with Gasteiger partial charge in [0, 0.05) is 49.5 Å². The molecule has 0 radical (unpaired) electrons. The van der Waals surface area contributed by atoms with Gasteiger partial charge in [-0.1, -0.05) is 176 Å². The van der Waals surface area contributed by atoms with E-state index in [0.717, 1.165) is 12.1 Å². The van der Waals surface area contributed by atoms with Gasteiger partial charge in [0.05, 0.1) is 22.5 Å². The third-order valence-corrected chi connectivity index (χ3v) is 16.1. The summed E-state index contributed by atoms with van der Waals surface area (Å²) >= 11 is 1.99. The largest absolute Gasteiger partial charge is 0.334 e. The summed E-state index contributed by atoms with van der Waals surface area (Å²) in [6.45, 7) is 0. The molecule has 0 saturated carbocycles. The number of anilines is 2. The number of rotatable bonds is 5. The minimum Gasteiger partial charge on any atom is -0.334 e. The smallest absolute Gasteiger partial charge is 0.0689 e. The fourth-order valence-electron chi connectivity index (χ4n) is 12.1. The normalized spacial score (nSPS) is 19.2. The van der Waals surface area contributed by atoms with E-state index >= 15 is 0 Å². The molecule has 302 valence electrons. The van der Waals surface area contributed by atoms with E-state index in [1.54, 1.807) is 0 Å². The molecule has 4 aliphatic carbocycles. The second kappa shape index (κ2) is 13.8. The van der Waals surface area contributed by atoms with E-state index in [1.165, 1.54) is 99.3 Å². The Kier molecular flexibility index (Phi) is 7.82. The number of hydrogen-bond acceptors (Lipinski definition) is 2. The molecule has 0 fully saturated rings. The van der Waals surface area contributed by atoms with Crippen molar-refractivity contribution in [2.75, 3.05) is 4.90 Å². The number of nitrogens with zero attached hydrogens (tertiary/aromatic N) is 2. The summed E-state index contributed by atoms with van der Waals surface area (Å²) in [4.78, 5) is 4.06. The Bertz CT molecular complexity index is 3500. The van der Waals surface area contributed by atoms with E-state index in [2.05, 4.69) is 234 Å². The Morgan fingerprint density at radius 3 is 2.00 bits per heavy atom. The van der Waals surface area contributed by atoms with Gasteiger partial charge in [-0.2, -0.15) is 0 Å². The van der Waals surface area contributed by atoms with Crippen LogP contribution in [-0.2, 0) is 5.41 Å². The molecule has 1 aliphatic heterocycles. The molecule has 64 heavy (non-hydrogen) atoms. The number of fused-ring (bicyclic) bond motifs is 15. The second-order valence-electron chi connectivity index (χ2n) is 17.8. The molecule has 3 unspecified atom stereocenters. The second-order valence-corrected chi connectivity index (χ2v) is 19.0. The first-order valence-electron chi connectivity index (χ1n) is 22.6. The van der Waals surface area contributed by atoms with Gasteiger partial charge in [0.25, 0.3) is 0 Å². The van der Waals surface area contributed by atoms with E-state index < -0.39 is 0 Å². The van der Waals surface area contributed by atoms with Crippen molar-refractivity contribution in [1.82, 2.24) is 4.57 Å². The fraction of sp³-hybridized carbons (Fsp3) is 0.0820. The predicted molar refractivity (Wildman–Crippen MR) is 268 cm³/mol. The van der Waals surface area contributed by atoms with E-state index in [1.807, 2.05) is 11.8 Å². The zero-order chi connectivity index (χ0) is 41.9. The molecule has 3 atom stereocenters. The van der Waals surface area contributed by atoms with Crippen molar-refractivity contribution in [2.45, 2.75) is 33.9 Å². The van der Waals surface area contributed by atoms with Gasteiger partial charge in [-0.3, -0.25) is 0 Å². The zero-order valence-corrected chi connectivity index (χ0v) is 35.9. The minimum atomic E-state index is -0.382. The van der Waals surface area contributed by atoms with Crippen molar-refractivity contribution in [2.24, 2.45) is 0 Å². The maximum atomic E-state index is 2.67. The molecule has 2 heterocycles. The highest BCUT2D eigenvalue weighted by Gasteiger charge is 2.53. The lowest BCUT2D eigenvalue weighted by Crippen LogP contribution is -2.36. The van der Waals surface area contributed by atoms with E-state index in [9.17, 15) is 0 Å². The first kappa shape index (κ1) is 36.2. The SMILES string of the molecule is C1=CC2Sc3ccc(-c4ccccc4N(c4ccc5c6ccccc6n(-c6ccccc6)c5c4)C4C=CC5=C(C4)C4(c6ccccc65)c5ccccc5-c5ccccc54)cc3C2C=C1. The zero-order valence-electron chi connectivity index (χ0n) is 35.1. The van der Waals surface area contributed by atoms with Crippen LogP contribution in [0.15, 0.2) is 235 Å². The summed E-state index contributed by atoms with van der Waals surface area (Å²) < 4.78 is 2.45. The highest BCUT2D eigenvalue weighted by atomic mass is 32.2. The van der Waals surface area contributed by atoms with Gasteiger partial charge in [-0.05, 0) is 111 Å². The minimum absolute atomic E-state index is 0.0128. The van der Waals surface area contributed by atoms with E-state index in [4.69, 9.17) is 0 Å². The monoisotopic (exact) mass is 834 g/mol. The predicted octanol–water partition coefficient (Wildman–Crippen LogP) is 15.4. The molecule has 9 aromatic rings. The van der Waals surface area contributed by atoms with Crippen LogP contribution in [0.2, 0.25) is 0 Å². The first-order valence-corrected chi connectivity index (χ1v) is 23.5. The van der Waals surface area contributed by atoms with Crippen LogP contribution < -0.4 is 4.90 Å². The van der Waals surface area contributed by atoms with Gasteiger partial charge < -0.3 is 9.47 Å². The number of allylic oxidation sites excluding steroid dienone is 5. The number of benzene rings is 8. The quantitative estimate of drug-likeness (QED) is 0.171. The molecule has 2 nitrogen and oxygen atoms in total. The molecule has 1 aromatic heterocycles. The lowest BCUT2D eigenvalue weighted by atomic mass is 9.67. The summed E-state index contributed by atoms with van der Waals surface area (Å²) in [7, 11) is 0. The van der Waals surface area contributed by atoms with Gasteiger partial charge in [0.15, 0.2) is 0 Å². The molecule has 3 heteroatoms. The molecule has 0 N–H and O–H groups in total. The van der Waals surface area contributed by atoms with E-state index in [-0.39, 0.29) is 11.5 Å². The third-order valence-electron chi connectivity index (χ3n) is 14.7. The van der Waals surface area contributed by atoms with Crippen molar-refractivity contribution in [3.05, 3.63) is 258 Å². The van der Waals surface area contributed by atoms with Crippen molar-refractivity contribution in [1.29, 1.82) is 0 Å². The Hall–Kier alpha value is -7.33. The highest BCUT2D eigenvalue weighted by Crippen LogP contribution is 2.64. The van der Waals surface area contributed by atoms with Crippen LogP contribution >= 0.6 is 11.8 Å². The summed E-state index contributed by atoms with van der Waals surface area (Å²) in [6, 6.07) is 70.8. The Balaban J connectivity index is 0.993. The Morgan fingerprint density at radius 2 is 1.19 bits per heavy atom. The standard InChI is InChI=1S/C61H42N2S/c1-2-16-40(17-3-1)63-57-28-14-8-22-48(57)49-34-32-42(38-58(49)63)62(56-27-13-7-18-43(56)39-30-35-60-51(36-39)50-23-9-15-29-59(50)64-60)41-31-33-47-46-21-6-12-26-54(46)61(55(47)37-41)52-24-10-4-19-44(52)45-20-5-11-25-53(45)61/h1-36,38,41,50,59H,37H2. The molecule has 8 aromatic carbocycles. The number of para-hydroxylation sites is 3. The van der Waals surface area contributed by atoms with Crippen molar-refractivity contribution in [3.63, 3.8) is 0 Å². The summed E-state index contributed by atoms with van der Waals surface area (Å²) in [5, 5.41) is 2.97. The van der Waals surface area contributed by atoms with Crippen molar-refractivity contribution >= 4 is 50.5 Å². The summed E-state index contributed by atoms with van der Waals surface area (Å²) in [5.74, 6) is 0.388. The molecule has 5 aliphatic rings. The summed E-state index contributed by atoms with van der Waals surface area (Å²) in [6.07, 6.45) is 15.0. The molecule has 0 amide bonds. The molecular weight excluding hydrogens is 793 g/mol. The number of aromatic nitrogens is 1. The van der Waals surface area contributed by atoms with Crippen LogP contribution in [0.25, 0.3) is 55.3 Å². The van der Waals surface area contributed by atoms with Crippen LogP contribution in [0.3, 0.4) is 0 Å². The van der Waals surface area contributed by atoms with Gasteiger partial charge in [-0.15, -0.1) is 11.8 Å². The highest BCUT2D eigenvalue weighted by molar-refractivity contribution is 8.00. The molecular formula is C61H42N2S. The van der Waals surface area contributed by atoms with Crippen LogP contribution in [0.1, 0.15) is 40.2 Å². The molecule has 0 saturated heterocycles. The van der Waals surface area contributed by atoms with Gasteiger partial charge in [-0.25, -0.2) is 0 Å². The van der Waals surface area contributed by atoms with Crippen molar-refractivity contribution in [3.8, 4) is 27.9 Å². The van der Waals surface area contributed by atoms with Gasteiger partial charge in [0.1, 0.15) is 0 Å². The van der Waals surface area contributed by atoms with Crippen LogP contribution in [0.4, 0.5) is 11.4 Å². The molecule has 14 rings (SSSR count). The van der Waals surface area contributed by atoms with Gasteiger partial charge >= 0.3 is 0 Å². The van der Waals surface area contributed by atoms with Gasteiger partial charge in [0.2, 0.25) is 0 Å². The third kappa shape index (κ3) is 4.99. The number of thioether (sulfide) groups is 1. The van der Waals surface area contributed by atoms with Crippen LogP contribution in [0.5, 0.6) is 0 Å². The average molecular weight is 835 g/mol. The lowest BCUT2D eigenvalue weighted by molar-refractivity contribution is 0.663. The summed E-state index contributed by atoms with van der Waals surface area (Å²) in [5.41, 5.74) is 20.6. The van der Waals surface area contributed by atoms with E-state index in [0.29, 0.717) is 11.2 Å². The Labute approximate surface area is 377 Å². The topological polar surface area (TPSA) is 8.17 Å². The average Bonchev–Trinajstić information content (AvgIpc) is 4.08. The molecule has 0 bridgehead atoms. The lowest BCUT2D eigenvalue weighted by Gasteiger charge is -2.39. The molecule has 1 spiro atoms. The maximum Gasteiger partial charge on any atom is 0.0689 e. The maximum absolute atomic E-state index is 2.67.